The van der Waals surface area contributed by atoms with Crippen LogP contribution < -0.4 is 5.32 Å². The quantitative estimate of drug-likeness (QED) is 0.767. The normalized spacial score (nSPS) is 10.3. The zero-order valence-electron chi connectivity index (χ0n) is 10.0. The van der Waals surface area contributed by atoms with Gasteiger partial charge in [-0.2, -0.15) is 0 Å². The molecule has 0 radical (unpaired) electrons. The van der Waals surface area contributed by atoms with E-state index in [0.29, 0.717) is 23.9 Å². The number of hydrogen-bond acceptors (Lipinski definition) is 6. The molecule has 3 rings (SSSR count). The Hall–Kier alpha value is -2.76. The maximum Gasteiger partial charge on any atom is 0.250 e. The van der Waals surface area contributed by atoms with Gasteiger partial charge in [0.05, 0.1) is 5.56 Å². The summed E-state index contributed by atoms with van der Waals surface area (Å²) in [5.41, 5.74) is 1.87. The molecule has 0 aliphatic rings. The topological polar surface area (TPSA) is 76.7 Å². The third kappa shape index (κ3) is 2.74. The molecule has 0 bridgehead atoms. The first-order valence-electron chi connectivity index (χ1n) is 5.78. The van der Waals surface area contributed by atoms with Crippen LogP contribution in [0, 0.1) is 0 Å². The van der Waals surface area contributed by atoms with Gasteiger partial charge in [0.2, 0.25) is 12.3 Å². The van der Waals surface area contributed by atoms with Crippen LogP contribution in [0.4, 0.5) is 5.95 Å². The SMILES string of the molecule is c1ccc(CNc2ncc(-c3nnco3)cn2)cc1. The molecule has 0 spiro atoms. The molecule has 0 saturated carbocycles. The van der Waals surface area contributed by atoms with Crippen LogP contribution in [0.1, 0.15) is 5.56 Å². The first-order valence-corrected chi connectivity index (χ1v) is 5.78. The predicted molar refractivity (Wildman–Crippen MR) is 69.1 cm³/mol. The molecule has 0 aliphatic carbocycles. The number of nitrogens with zero attached hydrogens (tertiary/aromatic N) is 4. The van der Waals surface area contributed by atoms with Gasteiger partial charge < -0.3 is 9.73 Å². The van der Waals surface area contributed by atoms with Crippen molar-refractivity contribution in [2.24, 2.45) is 0 Å². The van der Waals surface area contributed by atoms with Crippen molar-refractivity contribution in [2.75, 3.05) is 5.32 Å². The molecular weight excluding hydrogens is 242 g/mol. The van der Waals surface area contributed by atoms with Gasteiger partial charge in [0, 0.05) is 18.9 Å². The lowest BCUT2D eigenvalue weighted by Crippen LogP contribution is -2.03. The zero-order chi connectivity index (χ0) is 12.9. The van der Waals surface area contributed by atoms with E-state index in [2.05, 4.69) is 25.5 Å². The first-order chi connectivity index (χ1) is 9.42. The number of nitrogens with one attached hydrogen (secondary N) is 1. The van der Waals surface area contributed by atoms with Gasteiger partial charge in [-0.25, -0.2) is 9.97 Å². The summed E-state index contributed by atoms with van der Waals surface area (Å²) in [6.07, 6.45) is 4.57. The Morgan fingerprint density at radius 2 is 1.84 bits per heavy atom. The van der Waals surface area contributed by atoms with Crippen molar-refractivity contribution in [1.82, 2.24) is 20.2 Å². The van der Waals surface area contributed by atoms with Crippen molar-refractivity contribution in [2.45, 2.75) is 6.54 Å². The maximum atomic E-state index is 5.07. The summed E-state index contributed by atoms with van der Waals surface area (Å²) in [5.74, 6) is 0.974. The minimum atomic E-state index is 0.412. The summed E-state index contributed by atoms with van der Waals surface area (Å²) in [4.78, 5) is 8.40. The van der Waals surface area contributed by atoms with Crippen LogP contribution in [-0.4, -0.2) is 20.2 Å². The van der Waals surface area contributed by atoms with Gasteiger partial charge in [0.25, 0.3) is 5.89 Å². The molecule has 2 heterocycles. The van der Waals surface area contributed by atoms with E-state index in [1.165, 1.54) is 12.0 Å². The van der Waals surface area contributed by atoms with Gasteiger partial charge in [0.15, 0.2) is 0 Å². The van der Waals surface area contributed by atoms with Crippen LogP contribution in [-0.2, 0) is 6.54 Å². The lowest BCUT2D eigenvalue weighted by atomic mass is 10.2. The third-order valence-electron chi connectivity index (χ3n) is 2.55. The molecular formula is C13H11N5O. The molecule has 1 aromatic carbocycles. The number of hydrogen-bond donors (Lipinski definition) is 1. The van der Waals surface area contributed by atoms with Crippen LogP contribution in [0.15, 0.2) is 53.5 Å². The Morgan fingerprint density at radius 3 is 2.53 bits per heavy atom. The Balaban J connectivity index is 1.67. The van der Waals surface area contributed by atoms with Gasteiger partial charge in [-0.15, -0.1) is 10.2 Å². The fourth-order valence-electron chi connectivity index (χ4n) is 1.61. The lowest BCUT2D eigenvalue weighted by molar-refractivity contribution is 0.568. The van der Waals surface area contributed by atoms with Crippen molar-refractivity contribution < 1.29 is 4.42 Å². The van der Waals surface area contributed by atoms with Crippen LogP contribution in [0.2, 0.25) is 0 Å². The largest absolute Gasteiger partial charge is 0.423 e. The molecule has 0 fully saturated rings. The summed E-state index contributed by atoms with van der Waals surface area (Å²) >= 11 is 0. The Kier molecular flexibility index (Phi) is 3.14. The fraction of sp³-hybridized carbons (Fsp3) is 0.0769. The number of aromatic nitrogens is 4. The Morgan fingerprint density at radius 1 is 1.05 bits per heavy atom. The molecule has 19 heavy (non-hydrogen) atoms. The Labute approximate surface area is 109 Å². The zero-order valence-corrected chi connectivity index (χ0v) is 10.0. The minimum absolute atomic E-state index is 0.412. The summed E-state index contributed by atoms with van der Waals surface area (Å²) in [6.45, 7) is 0.681. The van der Waals surface area contributed by atoms with Crippen LogP contribution in [0.3, 0.4) is 0 Å². The van der Waals surface area contributed by atoms with E-state index >= 15 is 0 Å². The number of anilines is 1. The van der Waals surface area contributed by atoms with E-state index in [-0.39, 0.29) is 0 Å². The van der Waals surface area contributed by atoms with Crippen LogP contribution in [0.5, 0.6) is 0 Å². The second-order valence-corrected chi connectivity index (χ2v) is 3.88. The van der Waals surface area contributed by atoms with Gasteiger partial charge in [-0.3, -0.25) is 0 Å². The molecule has 0 unspecified atom stereocenters. The summed E-state index contributed by atoms with van der Waals surface area (Å²) in [7, 11) is 0. The van der Waals surface area contributed by atoms with Crippen molar-refractivity contribution in [3.63, 3.8) is 0 Å². The van der Waals surface area contributed by atoms with E-state index in [1.54, 1.807) is 12.4 Å². The molecule has 2 aromatic heterocycles. The molecule has 6 heteroatoms. The summed E-state index contributed by atoms with van der Waals surface area (Å²) < 4.78 is 5.07. The van der Waals surface area contributed by atoms with E-state index in [0.717, 1.165) is 0 Å². The molecule has 94 valence electrons. The highest BCUT2D eigenvalue weighted by Gasteiger charge is 2.04. The molecule has 0 aliphatic heterocycles. The van der Waals surface area contributed by atoms with Crippen molar-refractivity contribution in [3.05, 3.63) is 54.7 Å². The van der Waals surface area contributed by atoms with E-state index < -0.39 is 0 Å². The summed E-state index contributed by atoms with van der Waals surface area (Å²) in [6, 6.07) is 10.1. The van der Waals surface area contributed by atoms with Crippen molar-refractivity contribution >= 4 is 5.95 Å². The first kappa shape index (κ1) is 11.3. The van der Waals surface area contributed by atoms with Crippen molar-refractivity contribution in [3.8, 4) is 11.5 Å². The second kappa shape index (κ2) is 5.26. The predicted octanol–water partition coefficient (Wildman–Crippen LogP) is 2.14. The molecule has 1 N–H and O–H groups in total. The van der Waals surface area contributed by atoms with E-state index in [4.69, 9.17) is 4.42 Å². The van der Waals surface area contributed by atoms with Gasteiger partial charge >= 0.3 is 0 Å². The lowest BCUT2D eigenvalue weighted by Gasteiger charge is -2.04. The molecule has 0 amide bonds. The number of benzene rings is 1. The van der Waals surface area contributed by atoms with Gasteiger partial charge in [-0.1, -0.05) is 30.3 Å². The third-order valence-corrected chi connectivity index (χ3v) is 2.55. The van der Waals surface area contributed by atoms with Crippen LogP contribution in [0.25, 0.3) is 11.5 Å². The highest BCUT2D eigenvalue weighted by atomic mass is 16.4. The molecule has 0 atom stereocenters. The van der Waals surface area contributed by atoms with E-state index in [9.17, 15) is 0 Å². The second-order valence-electron chi connectivity index (χ2n) is 3.88. The van der Waals surface area contributed by atoms with E-state index in [1.807, 2.05) is 30.3 Å². The average Bonchev–Trinajstić information content (AvgIpc) is 3.01. The highest BCUT2D eigenvalue weighted by Crippen LogP contribution is 2.14. The minimum Gasteiger partial charge on any atom is -0.423 e. The molecule has 3 aromatic rings. The van der Waals surface area contributed by atoms with Crippen molar-refractivity contribution in [1.29, 1.82) is 0 Å². The number of rotatable bonds is 4. The van der Waals surface area contributed by atoms with Gasteiger partial charge in [-0.05, 0) is 5.56 Å². The van der Waals surface area contributed by atoms with Crippen LogP contribution >= 0.6 is 0 Å². The molecule has 0 saturated heterocycles. The smallest absolute Gasteiger partial charge is 0.250 e. The monoisotopic (exact) mass is 253 g/mol. The Bertz CT molecular complexity index is 622. The fourth-order valence-corrected chi connectivity index (χ4v) is 1.61. The van der Waals surface area contributed by atoms with Gasteiger partial charge in [0.1, 0.15) is 0 Å². The molecule has 6 nitrogen and oxygen atoms in total. The maximum absolute atomic E-state index is 5.07. The standard InChI is InChI=1S/C13H11N5O/c1-2-4-10(5-3-1)6-14-13-15-7-11(8-16-13)12-18-17-9-19-12/h1-5,7-9H,6H2,(H,14,15,16). The summed E-state index contributed by atoms with van der Waals surface area (Å²) in [5, 5.41) is 10.5. The highest BCUT2D eigenvalue weighted by molar-refractivity contribution is 5.50. The average molecular weight is 253 g/mol.